The van der Waals surface area contributed by atoms with E-state index in [1.54, 1.807) is 13.8 Å². The number of rotatable bonds is 7. The van der Waals surface area contributed by atoms with Crippen LogP contribution in [-0.4, -0.2) is 40.2 Å². The Balaban J connectivity index is 4.65. The summed E-state index contributed by atoms with van der Waals surface area (Å²) in [5, 5.41) is 9.78. The topological polar surface area (TPSA) is 57.6 Å². The van der Waals surface area contributed by atoms with Gasteiger partial charge in [0.1, 0.15) is 0 Å². The molecule has 0 fully saturated rings. The first-order valence-corrected chi connectivity index (χ1v) is 6.75. The van der Waals surface area contributed by atoms with Gasteiger partial charge in [-0.3, -0.25) is 14.5 Å². The fourth-order valence-electron chi connectivity index (χ4n) is 1.60. The number of thiol groups is 1. The van der Waals surface area contributed by atoms with Crippen LogP contribution >= 0.6 is 12.6 Å². The van der Waals surface area contributed by atoms with Gasteiger partial charge in [-0.25, -0.2) is 0 Å². The molecule has 0 bridgehead atoms. The highest BCUT2D eigenvalue weighted by Gasteiger charge is 2.28. The molecule has 17 heavy (non-hydrogen) atoms. The number of carbonyl (C=O) groups is 2. The molecule has 100 valence electrons. The highest BCUT2D eigenvalue weighted by molar-refractivity contribution is 7.80. The van der Waals surface area contributed by atoms with E-state index in [4.69, 9.17) is 0 Å². The van der Waals surface area contributed by atoms with E-state index in [2.05, 4.69) is 12.6 Å². The molecule has 0 rings (SSSR count). The molecule has 2 unspecified atom stereocenters. The second-order valence-electron chi connectivity index (χ2n) is 4.11. The summed E-state index contributed by atoms with van der Waals surface area (Å²) in [4.78, 5) is 24.9. The highest BCUT2D eigenvalue weighted by atomic mass is 32.1. The van der Waals surface area contributed by atoms with Gasteiger partial charge in [-0.1, -0.05) is 27.2 Å². The fraction of sp³-hybridized carbons (Fsp3) is 0.833. The molecule has 1 N–H and O–H groups in total. The lowest BCUT2D eigenvalue weighted by atomic mass is 9.99. The Bertz CT molecular complexity index is 258. The van der Waals surface area contributed by atoms with Crippen molar-refractivity contribution in [3.05, 3.63) is 0 Å². The van der Waals surface area contributed by atoms with Gasteiger partial charge in [-0.05, 0) is 6.42 Å². The molecule has 0 aromatic carbocycles. The fourth-order valence-corrected chi connectivity index (χ4v) is 1.80. The summed E-state index contributed by atoms with van der Waals surface area (Å²) in [6.45, 7) is 5.63. The molecule has 2 atom stereocenters. The van der Waals surface area contributed by atoms with E-state index in [0.29, 0.717) is 18.7 Å². The van der Waals surface area contributed by atoms with Gasteiger partial charge in [0.2, 0.25) is 11.8 Å². The zero-order valence-electron chi connectivity index (χ0n) is 10.8. The van der Waals surface area contributed by atoms with Crippen molar-refractivity contribution in [1.82, 2.24) is 4.90 Å². The smallest absolute Gasteiger partial charge is 0.234 e. The normalized spacial score (nSPS) is 14.2. The molecule has 5 heteroatoms. The molecule has 0 aliphatic heterocycles. The average molecular weight is 261 g/mol. The number of aliphatic hydroxyl groups is 1. The monoisotopic (exact) mass is 261 g/mol. The summed E-state index contributed by atoms with van der Waals surface area (Å²) < 4.78 is 0. The van der Waals surface area contributed by atoms with Crippen molar-refractivity contribution in [1.29, 1.82) is 0 Å². The predicted octanol–water partition coefficient (Wildman–Crippen LogP) is 1.48. The molecule has 0 aliphatic rings. The lowest BCUT2D eigenvalue weighted by molar-refractivity contribution is -0.148. The molecule has 0 saturated carbocycles. The molecule has 0 aliphatic carbocycles. The van der Waals surface area contributed by atoms with Crippen molar-refractivity contribution in [2.45, 2.75) is 46.1 Å². The van der Waals surface area contributed by atoms with Crippen LogP contribution in [0.3, 0.4) is 0 Å². The third-order valence-electron chi connectivity index (χ3n) is 2.74. The number of hydrogen-bond acceptors (Lipinski definition) is 4. The summed E-state index contributed by atoms with van der Waals surface area (Å²) in [7, 11) is 0. The molecule has 0 saturated heterocycles. The van der Waals surface area contributed by atoms with E-state index in [0.717, 1.165) is 6.42 Å². The lowest BCUT2D eigenvalue weighted by Crippen LogP contribution is -2.44. The van der Waals surface area contributed by atoms with Crippen molar-refractivity contribution in [2.24, 2.45) is 5.92 Å². The van der Waals surface area contributed by atoms with E-state index in [1.807, 2.05) is 6.92 Å². The molecular weight excluding hydrogens is 238 g/mol. The summed E-state index contributed by atoms with van der Waals surface area (Å²) in [6, 6.07) is 0. The van der Waals surface area contributed by atoms with Gasteiger partial charge in [0.25, 0.3) is 0 Å². The minimum atomic E-state index is -0.681. The molecule has 0 spiro atoms. The van der Waals surface area contributed by atoms with Crippen molar-refractivity contribution < 1.29 is 14.7 Å². The maximum atomic E-state index is 12.1. The maximum Gasteiger partial charge on any atom is 0.234 e. The zero-order chi connectivity index (χ0) is 13.4. The SMILES string of the molecule is CCCC(O)C(C)C(=O)N(CCS)C(=O)CC. The van der Waals surface area contributed by atoms with Gasteiger partial charge in [-0.15, -0.1) is 0 Å². The zero-order valence-corrected chi connectivity index (χ0v) is 11.7. The number of amides is 2. The number of hydrogen-bond donors (Lipinski definition) is 2. The standard InChI is InChI=1S/C12H23NO3S/c1-4-6-10(14)9(3)12(16)13(7-8-17)11(15)5-2/h9-10,14,17H,4-8H2,1-3H3. The first kappa shape index (κ1) is 16.4. The van der Waals surface area contributed by atoms with Crippen LogP contribution in [0.5, 0.6) is 0 Å². The summed E-state index contributed by atoms with van der Waals surface area (Å²) >= 11 is 4.04. The summed E-state index contributed by atoms with van der Waals surface area (Å²) in [6.07, 6.45) is 0.991. The Morgan fingerprint density at radius 3 is 2.35 bits per heavy atom. The summed E-state index contributed by atoms with van der Waals surface area (Å²) in [5.41, 5.74) is 0. The molecular formula is C12H23NO3S. The van der Waals surface area contributed by atoms with E-state index in [1.165, 1.54) is 4.90 Å². The first-order valence-electron chi connectivity index (χ1n) is 6.12. The van der Waals surface area contributed by atoms with Crippen LogP contribution in [0, 0.1) is 5.92 Å². The molecule has 0 heterocycles. The van der Waals surface area contributed by atoms with Crippen molar-refractivity contribution in [3.63, 3.8) is 0 Å². The van der Waals surface area contributed by atoms with Crippen LogP contribution in [0.1, 0.15) is 40.0 Å². The first-order chi connectivity index (χ1) is 7.99. The van der Waals surface area contributed by atoms with E-state index in [9.17, 15) is 14.7 Å². The van der Waals surface area contributed by atoms with E-state index in [-0.39, 0.29) is 18.2 Å². The molecule has 0 aromatic rings. The third kappa shape index (κ3) is 5.08. The van der Waals surface area contributed by atoms with Crippen LogP contribution in [-0.2, 0) is 9.59 Å². The number of aliphatic hydroxyl groups excluding tert-OH is 1. The van der Waals surface area contributed by atoms with Gasteiger partial charge >= 0.3 is 0 Å². The van der Waals surface area contributed by atoms with E-state index < -0.39 is 12.0 Å². The average Bonchev–Trinajstić information content (AvgIpc) is 2.33. The van der Waals surface area contributed by atoms with Gasteiger partial charge in [0.15, 0.2) is 0 Å². The number of nitrogens with zero attached hydrogens (tertiary/aromatic N) is 1. The Labute approximate surface area is 109 Å². The third-order valence-corrected chi connectivity index (χ3v) is 2.94. The summed E-state index contributed by atoms with van der Waals surface area (Å²) in [5.74, 6) is -0.606. The second kappa shape index (κ2) is 8.53. The molecule has 0 radical (unpaired) electrons. The van der Waals surface area contributed by atoms with Crippen molar-refractivity contribution in [3.8, 4) is 0 Å². The second-order valence-corrected chi connectivity index (χ2v) is 4.55. The van der Waals surface area contributed by atoms with E-state index >= 15 is 0 Å². The largest absolute Gasteiger partial charge is 0.392 e. The lowest BCUT2D eigenvalue weighted by Gasteiger charge is -2.25. The van der Waals surface area contributed by atoms with Gasteiger partial charge in [-0.2, -0.15) is 12.6 Å². The minimum Gasteiger partial charge on any atom is -0.392 e. The van der Waals surface area contributed by atoms with Crippen LogP contribution in [0.2, 0.25) is 0 Å². The van der Waals surface area contributed by atoms with Gasteiger partial charge in [0, 0.05) is 18.7 Å². The van der Waals surface area contributed by atoms with Crippen LogP contribution in [0.25, 0.3) is 0 Å². The van der Waals surface area contributed by atoms with Crippen molar-refractivity contribution in [2.75, 3.05) is 12.3 Å². The van der Waals surface area contributed by atoms with Gasteiger partial charge in [0.05, 0.1) is 12.0 Å². The Hall–Kier alpha value is -0.550. The van der Waals surface area contributed by atoms with Crippen LogP contribution < -0.4 is 0 Å². The maximum absolute atomic E-state index is 12.1. The predicted molar refractivity (Wildman–Crippen MR) is 70.9 cm³/mol. The van der Waals surface area contributed by atoms with Crippen LogP contribution in [0.4, 0.5) is 0 Å². The molecule has 2 amide bonds. The Morgan fingerprint density at radius 1 is 1.35 bits per heavy atom. The Kier molecular flexibility index (Phi) is 8.25. The Morgan fingerprint density at radius 2 is 1.94 bits per heavy atom. The highest BCUT2D eigenvalue weighted by Crippen LogP contribution is 2.13. The number of carbonyl (C=O) groups excluding carboxylic acids is 2. The van der Waals surface area contributed by atoms with Crippen molar-refractivity contribution >= 4 is 24.4 Å². The quantitative estimate of drug-likeness (QED) is 0.683. The van der Waals surface area contributed by atoms with Crippen LogP contribution in [0.15, 0.2) is 0 Å². The molecule has 4 nitrogen and oxygen atoms in total. The molecule has 0 aromatic heterocycles. The van der Waals surface area contributed by atoms with Gasteiger partial charge < -0.3 is 5.11 Å². The number of imide groups is 1. The minimum absolute atomic E-state index is 0.209.